The standard InChI is InChI=1S/C10H12BrF2N/c11-9-8(12)5-4-7(10(9)13)3-1-2-6-14/h4-5H,1-3,6,14H2. The van der Waals surface area contributed by atoms with Crippen LogP contribution in [0.25, 0.3) is 0 Å². The van der Waals surface area contributed by atoms with Gasteiger partial charge in [0.05, 0.1) is 4.47 Å². The number of halogens is 3. The molecule has 0 aliphatic rings. The highest BCUT2D eigenvalue weighted by Crippen LogP contribution is 2.23. The number of unbranched alkanes of at least 4 members (excludes halogenated alkanes) is 1. The molecular weight excluding hydrogens is 252 g/mol. The van der Waals surface area contributed by atoms with Crippen molar-refractivity contribution >= 4 is 15.9 Å². The number of nitrogens with two attached hydrogens (primary N) is 1. The van der Waals surface area contributed by atoms with Crippen LogP contribution < -0.4 is 5.73 Å². The molecule has 1 rings (SSSR count). The van der Waals surface area contributed by atoms with Gasteiger partial charge in [0.2, 0.25) is 0 Å². The average molecular weight is 264 g/mol. The van der Waals surface area contributed by atoms with Crippen molar-refractivity contribution < 1.29 is 8.78 Å². The molecule has 1 nitrogen and oxygen atoms in total. The minimum atomic E-state index is -0.565. The lowest BCUT2D eigenvalue weighted by Gasteiger charge is -2.04. The maximum atomic E-state index is 13.4. The Hall–Kier alpha value is -0.480. The van der Waals surface area contributed by atoms with Crippen molar-refractivity contribution in [1.29, 1.82) is 0 Å². The molecule has 0 unspecified atom stereocenters. The molecule has 0 spiro atoms. The first-order valence-corrected chi connectivity index (χ1v) is 5.28. The average Bonchev–Trinajstić information content (AvgIpc) is 2.18. The molecule has 0 saturated carbocycles. The maximum absolute atomic E-state index is 13.4. The molecule has 0 fully saturated rings. The number of hydrogen-bond acceptors (Lipinski definition) is 1. The monoisotopic (exact) mass is 263 g/mol. The molecule has 0 saturated heterocycles. The number of benzene rings is 1. The number of rotatable bonds is 4. The third-order valence-corrected chi connectivity index (χ3v) is 2.74. The van der Waals surface area contributed by atoms with Gasteiger partial charge in [-0.25, -0.2) is 8.78 Å². The minimum absolute atomic E-state index is 0.0808. The lowest BCUT2D eigenvalue weighted by molar-refractivity contribution is 0.556. The van der Waals surface area contributed by atoms with Crippen LogP contribution in [-0.4, -0.2) is 6.54 Å². The van der Waals surface area contributed by atoms with E-state index in [4.69, 9.17) is 5.73 Å². The minimum Gasteiger partial charge on any atom is -0.330 e. The van der Waals surface area contributed by atoms with E-state index in [1.54, 1.807) is 0 Å². The summed E-state index contributed by atoms with van der Waals surface area (Å²) in [5.41, 5.74) is 5.86. The summed E-state index contributed by atoms with van der Waals surface area (Å²) in [4.78, 5) is 0. The topological polar surface area (TPSA) is 26.0 Å². The van der Waals surface area contributed by atoms with Gasteiger partial charge in [0.1, 0.15) is 11.6 Å². The summed E-state index contributed by atoms with van der Waals surface area (Å²) in [6.45, 7) is 0.601. The molecule has 4 heteroatoms. The third-order valence-electron chi connectivity index (χ3n) is 2.02. The van der Waals surface area contributed by atoms with E-state index in [0.717, 1.165) is 12.8 Å². The maximum Gasteiger partial charge on any atom is 0.143 e. The van der Waals surface area contributed by atoms with Crippen molar-refractivity contribution in [2.24, 2.45) is 5.73 Å². The fourth-order valence-electron chi connectivity index (χ4n) is 1.22. The van der Waals surface area contributed by atoms with Crippen LogP contribution in [0.4, 0.5) is 8.78 Å². The lowest BCUT2D eigenvalue weighted by Crippen LogP contribution is -2.00. The molecule has 0 bridgehead atoms. The highest BCUT2D eigenvalue weighted by Gasteiger charge is 2.10. The van der Waals surface area contributed by atoms with Gasteiger partial charge in [-0.15, -0.1) is 0 Å². The zero-order chi connectivity index (χ0) is 10.6. The molecule has 78 valence electrons. The van der Waals surface area contributed by atoms with Crippen LogP contribution in [0.5, 0.6) is 0 Å². The van der Waals surface area contributed by atoms with Gasteiger partial charge in [-0.1, -0.05) is 6.07 Å². The van der Waals surface area contributed by atoms with Crippen molar-refractivity contribution in [3.8, 4) is 0 Å². The number of aryl methyl sites for hydroxylation is 1. The molecule has 1 aromatic carbocycles. The van der Waals surface area contributed by atoms with Gasteiger partial charge in [-0.05, 0) is 53.4 Å². The Labute approximate surface area is 90.4 Å². The molecule has 0 heterocycles. The zero-order valence-corrected chi connectivity index (χ0v) is 9.28. The van der Waals surface area contributed by atoms with Gasteiger partial charge in [0.15, 0.2) is 0 Å². The molecule has 2 N–H and O–H groups in total. The van der Waals surface area contributed by atoms with Crippen LogP contribution >= 0.6 is 15.9 Å². The van der Waals surface area contributed by atoms with E-state index in [1.807, 2.05) is 0 Å². The van der Waals surface area contributed by atoms with E-state index in [-0.39, 0.29) is 4.47 Å². The predicted octanol–water partition coefficient (Wildman–Crippen LogP) is 3.01. The van der Waals surface area contributed by atoms with E-state index in [2.05, 4.69) is 15.9 Å². The van der Waals surface area contributed by atoms with E-state index < -0.39 is 11.6 Å². The fraction of sp³-hybridized carbons (Fsp3) is 0.400. The Morgan fingerprint density at radius 3 is 2.57 bits per heavy atom. The molecule has 0 atom stereocenters. The van der Waals surface area contributed by atoms with Crippen LogP contribution in [0.3, 0.4) is 0 Å². The van der Waals surface area contributed by atoms with Crippen molar-refractivity contribution in [2.75, 3.05) is 6.54 Å². The van der Waals surface area contributed by atoms with Gasteiger partial charge in [0.25, 0.3) is 0 Å². The molecule has 0 aliphatic heterocycles. The van der Waals surface area contributed by atoms with Crippen LogP contribution in [-0.2, 0) is 6.42 Å². The van der Waals surface area contributed by atoms with E-state index in [9.17, 15) is 8.78 Å². The molecule has 0 aromatic heterocycles. The van der Waals surface area contributed by atoms with E-state index in [1.165, 1.54) is 12.1 Å². The summed E-state index contributed by atoms with van der Waals surface area (Å²) in [5, 5.41) is 0. The molecule has 0 amide bonds. The van der Waals surface area contributed by atoms with Crippen LogP contribution in [0, 0.1) is 11.6 Å². The summed E-state index contributed by atoms with van der Waals surface area (Å²) >= 11 is 2.86. The fourth-order valence-corrected chi connectivity index (χ4v) is 1.61. The predicted molar refractivity (Wildman–Crippen MR) is 56.1 cm³/mol. The van der Waals surface area contributed by atoms with Crippen molar-refractivity contribution in [2.45, 2.75) is 19.3 Å². The third kappa shape index (κ3) is 2.75. The summed E-state index contributed by atoms with van der Waals surface area (Å²) in [7, 11) is 0. The van der Waals surface area contributed by atoms with Gasteiger partial charge >= 0.3 is 0 Å². The molecule has 0 radical (unpaired) electrons. The van der Waals surface area contributed by atoms with E-state index >= 15 is 0 Å². The lowest BCUT2D eigenvalue weighted by atomic mass is 10.1. The van der Waals surface area contributed by atoms with Gasteiger partial charge < -0.3 is 5.73 Å². The van der Waals surface area contributed by atoms with Gasteiger partial charge in [0, 0.05) is 0 Å². The van der Waals surface area contributed by atoms with Crippen LogP contribution in [0.1, 0.15) is 18.4 Å². The molecule has 1 aromatic rings. The summed E-state index contributed by atoms with van der Waals surface area (Å²) in [6, 6.07) is 2.75. The normalized spacial score (nSPS) is 10.6. The van der Waals surface area contributed by atoms with E-state index in [0.29, 0.717) is 18.5 Å². The Balaban J connectivity index is 2.73. The number of hydrogen-bond donors (Lipinski definition) is 1. The van der Waals surface area contributed by atoms with Crippen LogP contribution in [0.15, 0.2) is 16.6 Å². The highest BCUT2D eigenvalue weighted by molar-refractivity contribution is 9.10. The quantitative estimate of drug-likeness (QED) is 0.656. The first kappa shape index (κ1) is 11.6. The second-order valence-corrected chi connectivity index (χ2v) is 3.87. The Morgan fingerprint density at radius 1 is 1.21 bits per heavy atom. The Kier molecular flexibility index (Phi) is 4.48. The molecular formula is C10H12BrF2N. The smallest absolute Gasteiger partial charge is 0.143 e. The SMILES string of the molecule is NCCCCc1ccc(F)c(Br)c1F. The Bertz CT molecular complexity index is 315. The van der Waals surface area contributed by atoms with Gasteiger partial charge in [-0.2, -0.15) is 0 Å². The van der Waals surface area contributed by atoms with Crippen molar-refractivity contribution in [3.05, 3.63) is 33.8 Å². The van der Waals surface area contributed by atoms with Gasteiger partial charge in [-0.3, -0.25) is 0 Å². The first-order valence-electron chi connectivity index (χ1n) is 4.49. The van der Waals surface area contributed by atoms with Crippen molar-refractivity contribution in [3.63, 3.8) is 0 Å². The van der Waals surface area contributed by atoms with Crippen molar-refractivity contribution in [1.82, 2.24) is 0 Å². The second kappa shape index (κ2) is 5.41. The highest BCUT2D eigenvalue weighted by atomic mass is 79.9. The van der Waals surface area contributed by atoms with Crippen LogP contribution in [0.2, 0.25) is 0 Å². The molecule has 14 heavy (non-hydrogen) atoms. The summed E-state index contributed by atoms with van der Waals surface area (Å²) < 4.78 is 26.1. The Morgan fingerprint density at radius 2 is 1.93 bits per heavy atom. The zero-order valence-electron chi connectivity index (χ0n) is 7.69. The summed E-state index contributed by atoms with van der Waals surface area (Å²) in [6.07, 6.45) is 2.28. The summed E-state index contributed by atoms with van der Waals surface area (Å²) in [5.74, 6) is -1.06. The molecule has 0 aliphatic carbocycles. The largest absolute Gasteiger partial charge is 0.330 e. The first-order chi connectivity index (χ1) is 6.66. The second-order valence-electron chi connectivity index (χ2n) is 3.08.